The van der Waals surface area contributed by atoms with Crippen molar-refractivity contribution >= 4 is 32.5 Å². The number of phenolic OH excluding ortho intramolecular Hbond substituents is 1. The summed E-state index contributed by atoms with van der Waals surface area (Å²) in [5, 5.41) is 14.2. The van der Waals surface area contributed by atoms with Gasteiger partial charge in [0.1, 0.15) is 11.3 Å². The number of aromatic hydroxyl groups is 1. The molecule has 1 aliphatic rings. The van der Waals surface area contributed by atoms with Gasteiger partial charge in [-0.3, -0.25) is 9.59 Å². The lowest BCUT2D eigenvalue weighted by molar-refractivity contribution is 0.0793. The molecule has 0 spiro atoms. The number of nitrogens with one attached hydrogen (secondary N) is 2. The zero-order valence-corrected chi connectivity index (χ0v) is 19.8. The monoisotopic (exact) mass is 454 g/mol. The zero-order valence-electron chi connectivity index (χ0n) is 19.0. The van der Waals surface area contributed by atoms with Gasteiger partial charge < -0.3 is 20.1 Å². The summed E-state index contributed by atoms with van der Waals surface area (Å²) in [5.41, 5.74) is 1.68. The number of fused-ring (bicyclic) bond motifs is 1. The smallest absolute Gasteiger partial charge is 0.261 e. The number of methoxy groups -OCH3 is 1. The minimum Gasteiger partial charge on any atom is -0.507 e. The number of anilines is 1. The second kappa shape index (κ2) is 8.30. The number of pyridine rings is 1. The SMILES string of the molecule is COCC1(c2cc(S(C)(C)C)c(O)cc2NC(=O)c2c[nH]c3ccccc3c2=O)CCC1. The van der Waals surface area contributed by atoms with E-state index < -0.39 is 15.9 Å². The van der Waals surface area contributed by atoms with Crippen LogP contribution in [0, 0.1) is 0 Å². The van der Waals surface area contributed by atoms with E-state index in [1.165, 1.54) is 6.20 Å². The maximum absolute atomic E-state index is 13.2. The minimum atomic E-state index is -1.20. The van der Waals surface area contributed by atoms with E-state index in [1.807, 2.05) is 12.1 Å². The van der Waals surface area contributed by atoms with E-state index in [1.54, 1.807) is 31.4 Å². The van der Waals surface area contributed by atoms with E-state index in [2.05, 4.69) is 29.1 Å². The Hall–Kier alpha value is -2.77. The molecule has 1 aliphatic carbocycles. The quantitative estimate of drug-likeness (QED) is 0.507. The molecule has 1 saturated carbocycles. The molecule has 4 rings (SSSR count). The van der Waals surface area contributed by atoms with Gasteiger partial charge in [0.15, 0.2) is 0 Å². The number of carbonyl (C=O) groups excluding carboxylic acids is 1. The molecule has 0 unspecified atom stereocenters. The van der Waals surface area contributed by atoms with Crippen LogP contribution in [-0.2, 0) is 10.2 Å². The highest BCUT2D eigenvalue weighted by Gasteiger charge is 2.41. The van der Waals surface area contributed by atoms with Crippen LogP contribution in [0.3, 0.4) is 0 Å². The Morgan fingerprint density at radius 1 is 1.22 bits per heavy atom. The molecule has 2 aromatic carbocycles. The molecule has 3 N–H and O–H groups in total. The lowest BCUT2D eigenvalue weighted by atomic mass is 9.64. The van der Waals surface area contributed by atoms with Crippen LogP contribution in [0.25, 0.3) is 10.9 Å². The molecule has 1 heterocycles. The van der Waals surface area contributed by atoms with Gasteiger partial charge in [-0.15, -0.1) is 0 Å². The first kappa shape index (κ1) is 22.4. The van der Waals surface area contributed by atoms with Crippen LogP contribution in [-0.4, -0.2) is 48.5 Å². The van der Waals surface area contributed by atoms with E-state index in [0.29, 0.717) is 23.2 Å². The third-order valence-corrected chi connectivity index (χ3v) is 7.99. The van der Waals surface area contributed by atoms with Crippen LogP contribution in [0.1, 0.15) is 35.2 Å². The van der Waals surface area contributed by atoms with Gasteiger partial charge in [-0.1, -0.05) is 18.6 Å². The fourth-order valence-corrected chi connectivity index (χ4v) is 5.66. The average Bonchev–Trinajstić information content (AvgIpc) is 2.70. The van der Waals surface area contributed by atoms with Gasteiger partial charge in [0.05, 0.1) is 6.61 Å². The predicted molar refractivity (Wildman–Crippen MR) is 132 cm³/mol. The van der Waals surface area contributed by atoms with Crippen molar-refractivity contribution in [2.75, 3.05) is 37.8 Å². The topological polar surface area (TPSA) is 91.4 Å². The molecule has 0 radical (unpaired) electrons. The molecule has 3 aromatic rings. The van der Waals surface area contributed by atoms with Crippen molar-refractivity contribution in [3.05, 3.63) is 63.9 Å². The van der Waals surface area contributed by atoms with Crippen LogP contribution in [0.2, 0.25) is 0 Å². The number of aromatic nitrogens is 1. The minimum absolute atomic E-state index is 0.0362. The number of hydrogen-bond donors (Lipinski definition) is 3. The second-order valence-electron chi connectivity index (χ2n) is 9.30. The van der Waals surface area contributed by atoms with Gasteiger partial charge in [-0.2, -0.15) is 0 Å². The molecule has 0 saturated heterocycles. The number of H-pyrrole nitrogens is 1. The highest BCUT2D eigenvalue weighted by molar-refractivity contribution is 8.32. The molecule has 1 aromatic heterocycles. The van der Waals surface area contributed by atoms with Gasteiger partial charge >= 0.3 is 0 Å². The van der Waals surface area contributed by atoms with Crippen LogP contribution in [0.4, 0.5) is 5.69 Å². The Morgan fingerprint density at radius 3 is 2.56 bits per heavy atom. The van der Waals surface area contributed by atoms with Crippen molar-refractivity contribution in [3.63, 3.8) is 0 Å². The Bertz CT molecular complexity index is 1240. The molecular formula is C25H30N2O4S. The number of carbonyl (C=O) groups is 1. The Labute approximate surface area is 189 Å². The highest BCUT2D eigenvalue weighted by Crippen LogP contribution is 2.55. The maximum Gasteiger partial charge on any atom is 0.261 e. The largest absolute Gasteiger partial charge is 0.507 e. The van der Waals surface area contributed by atoms with E-state index >= 15 is 0 Å². The molecule has 0 bridgehead atoms. The molecule has 0 aliphatic heterocycles. The van der Waals surface area contributed by atoms with E-state index in [9.17, 15) is 14.7 Å². The molecule has 0 atom stereocenters. The molecule has 6 nitrogen and oxygen atoms in total. The van der Waals surface area contributed by atoms with Crippen LogP contribution >= 0.6 is 10.0 Å². The Balaban J connectivity index is 1.80. The average molecular weight is 455 g/mol. The maximum atomic E-state index is 13.2. The number of ether oxygens (including phenoxy) is 1. The van der Waals surface area contributed by atoms with Crippen molar-refractivity contribution in [2.24, 2.45) is 0 Å². The molecule has 170 valence electrons. The van der Waals surface area contributed by atoms with Crippen molar-refractivity contribution < 1.29 is 14.6 Å². The van der Waals surface area contributed by atoms with Gasteiger partial charge in [-0.05, 0) is 55.4 Å². The Morgan fingerprint density at radius 2 is 1.94 bits per heavy atom. The lowest BCUT2D eigenvalue weighted by Crippen LogP contribution is -2.39. The van der Waals surface area contributed by atoms with E-state index in [-0.39, 0.29) is 22.2 Å². The first-order chi connectivity index (χ1) is 15.2. The standard InChI is InChI=1S/C25H30N2O4S/c1-31-15-25(10-7-11-25)18-12-22(32(2,3)4)21(28)13-20(18)27-24(30)17-14-26-19-9-6-5-8-16(19)23(17)29/h5-6,8-9,12-14,28H,7,10-11,15H2,1-4H3,(H,26,29)(H,27,30). The van der Waals surface area contributed by atoms with Crippen LogP contribution in [0.15, 0.2) is 52.3 Å². The van der Waals surface area contributed by atoms with Crippen LogP contribution < -0.4 is 10.7 Å². The van der Waals surface area contributed by atoms with Gasteiger partial charge in [-0.25, -0.2) is 10.0 Å². The van der Waals surface area contributed by atoms with Crippen molar-refractivity contribution in [2.45, 2.75) is 29.6 Å². The summed E-state index contributed by atoms with van der Waals surface area (Å²) < 4.78 is 5.55. The van der Waals surface area contributed by atoms with Gasteiger partial charge in [0, 0.05) is 46.3 Å². The lowest BCUT2D eigenvalue weighted by Gasteiger charge is -2.43. The molecule has 1 amide bonds. The number of benzene rings is 2. The summed E-state index contributed by atoms with van der Waals surface area (Å²) in [6.45, 7) is 0.538. The van der Waals surface area contributed by atoms with Gasteiger partial charge in [0.25, 0.3) is 5.91 Å². The van der Waals surface area contributed by atoms with Crippen molar-refractivity contribution in [1.29, 1.82) is 0 Å². The van der Waals surface area contributed by atoms with Crippen molar-refractivity contribution in [3.8, 4) is 5.75 Å². The Kier molecular flexibility index (Phi) is 5.81. The molecular weight excluding hydrogens is 424 g/mol. The number of aromatic amines is 1. The zero-order chi connectivity index (χ0) is 23.1. The first-order valence-electron chi connectivity index (χ1n) is 10.6. The first-order valence-corrected chi connectivity index (χ1v) is 13.5. The number of rotatable bonds is 6. The summed E-state index contributed by atoms with van der Waals surface area (Å²) in [4.78, 5) is 30.0. The summed E-state index contributed by atoms with van der Waals surface area (Å²) in [7, 11) is 0.482. The van der Waals surface area contributed by atoms with Crippen LogP contribution in [0.5, 0.6) is 5.75 Å². The summed E-state index contributed by atoms with van der Waals surface area (Å²) >= 11 is 0. The van der Waals surface area contributed by atoms with Crippen molar-refractivity contribution in [1.82, 2.24) is 4.98 Å². The van der Waals surface area contributed by atoms with Gasteiger partial charge in [0.2, 0.25) is 5.43 Å². The molecule has 7 heteroatoms. The predicted octanol–water partition coefficient (Wildman–Crippen LogP) is 4.61. The number of hydrogen-bond acceptors (Lipinski definition) is 4. The summed E-state index contributed by atoms with van der Waals surface area (Å²) in [6, 6.07) is 10.8. The third-order valence-electron chi connectivity index (χ3n) is 6.34. The van der Waals surface area contributed by atoms with E-state index in [4.69, 9.17) is 4.74 Å². The number of phenols is 1. The normalized spacial score (nSPS) is 15.9. The third kappa shape index (κ3) is 3.91. The fourth-order valence-electron chi connectivity index (χ4n) is 4.50. The van der Waals surface area contributed by atoms with E-state index in [0.717, 1.165) is 29.7 Å². The molecule has 1 fully saturated rings. The summed E-state index contributed by atoms with van der Waals surface area (Å²) in [5.74, 6) is -0.341. The second-order valence-corrected chi connectivity index (χ2v) is 13.4. The highest BCUT2D eigenvalue weighted by atomic mass is 32.3. The number of amides is 1. The fraction of sp³-hybridized carbons (Fsp3) is 0.360. The molecule has 32 heavy (non-hydrogen) atoms. The summed E-state index contributed by atoms with van der Waals surface area (Å²) in [6.07, 6.45) is 10.8. The number of para-hydroxylation sites is 1.